The zero-order valence-corrected chi connectivity index (χ0v) is 13.2. The molecule has 4 rings (SSSR count). The second-order valence-corrected chi connectivity index (χ2v) is 7.42. The number of hydrogen-bond acceptors (Lipinski definition) is 2. The van der Waals surface area contributed by atoms with Gasteiger partial charge in [-0.2, -0.15) is 0 Å². The van der Waals surface area contributed by atoms with Gasteiger partial charge in [0.1, 0.15) is 5.82 Å². The van der Waals surface area contributed by atoms with Crippen LogP contribution in [-0.4, -0.2) is 15.1 Å². The number of rotatable bonds is 3. The summed E-state index contributed by atoms with van der Waals surface area (Å²) in [6.07, 6.45) is 8.32. The Hall–Kier alpha value is -0.870. The maximum absolute atomic E-state index is 6.57. The highest BCUT2D eigenvalue weighted by atomic mass is 79.9. The summed E-state index contributed by atoms with van der Waals surface area (Å²) in [6.45, 7) is 0. The third-order valence-corrected chi connectivity index (χ3v) is 5.24. The lowest BCUT2D eigenvalue weighted by Crippen LogP contribution is -2.39. The van der Waals surface area contributed by atoms with Crippen molar-refractivity contribution in [1.29, 1.82) is 0 Å². The lowest BCUT2D eigenvalue weighted by molar-refractivity contribution is 0.419. The number of nitrogens with zero attached hydrogens (tertiary/aromatic N) is 2. The molecule has 4 heteroatoms. The van der Waals surface area contributed by atoms with Crippen LogP contribution in [0.5, 0.6) is 0 Å². The molecule has 2 N–H and O–H groups in total. The summed E-state index contributed by atoms with van der Waals surface area (Å²) < 4.78 is 3.55. The van der Waals surface area contributed by atoms with Crippen LogP contribution in [0, 0.1) is 0 Å². The molecule has 2 aliphatic rings. The molecule has 2 fully saturated rings. The first kappa shape index (κ1) is 12.8. The largest absolute Gasteiger partial charge is 0.325 e. The molecule has 0 amide bonds. The zero-order chi connectivity index (χ0) is 13.7. The molecule has 1 aromatic carbocycles. The van der Waals surface area contributed by atoms with E-state index in [4.69, 9.17) is 10.7 Å². The van der Waals surface area contributed by atoms with E-state index in [1.807, 2.05) is 0 Å². The standard InChI is InChI=1S/C16H20BrN3/c17-11-3-6-14-13(9-11)19-15(20(14)12-4-5-12)10-16(18)7-1-2-8-16/h3,6,9,12H,1-2,4-5,7-8,10,18H2. The number of imidazole rings is 1. The molecule has 0 saturated heterocycles. The Bertz CT molecular complexity index is 651. The highest BCUT2D eigenvalue weighted by Gasteiger charge is 2.34. The molecule has 2 aromatic rings. The lowest BCUT2D eigenvalue weighted by Gasteiger charge is -2.23. The van der Waals surface area contributed by atoms with Crippen molar-refractivity contribution >= 4 is 27.0 Å². The van der Waals surface area contributed by atoms with E-state index in [0.29, 0.717) is 6.04 Å². The molecular weight excluding hydrogens is 314 g/mol. The Balaban J connectivity index is 1.79. The summed E-state index contributed by atoms with van der Waals surface area (Å²) in [5.74, 6) is 1.20. The maximum atomic E-state index is 6.57. The van der Waals surface area contributed by atoms with Crippen molar-refractivity contribution in [3.8, 4) is 0 Å². The van der Waals surface area contributed by atoms with Crippen LogP contribution < -0.4 is 5.73 Å². The Morgan fingerprint density at radius 2 is 2.05 bits per heavy atom. The van der Waals surface area contributed by atoms with Gasteiger partial charge in [0.15, 0.2) is 0 Å². The van der Waals surface area contributed by atoms with E-state index in [9.17, 15) is 0 Å². The average Bonchev–Trinajstić information content (AvgIpc) is 3.06. The molecule has 2 saturated carbocycles. The van der Waals surface area contributed by atoms with Gasteiger partial charge in [-0.05, 0) is 43.9 Å². The van der Waals surface area contributed by atoms with Crippen molar-refractivity contribution in [2.45, 2.75) is 56.5 Å². The number of hydrogen-bond donors (Lipinski definition) is 1. The molecule has 20 heavy (non-hydrogen) atoms. The van der Waals surface area contributed by atoms with Gasteiger partial charge in [0.05, 0.1) is 11.0 Å². The third-order valence-electron chi connectivity index (χ3n) is 4.75. The maximum Gasteiger partial charge on any atom is 0.111 e. The van der Waals surface area contributed by atoms with Crippen molar-refractivity contribution in [2.75, 3.05) is 0 Å². The van der Waals surface area contributed by atoms with Gasteiger partial charge in [0.25, 0.3) is 0 Å². The second kappa shape index (κ2) is 4.57. The monoisotopic (exact) mass is 333 g/mol. The van der Waals surface area contributed by atoms with Gasteiger partial charge < -0.3 is 10.3 Å². The number of halogens is 1. The predicted molar refractivity (Wildman–Crippen MR) is 84.8 cm³/mol. The van der Waals surface area contributed by atoms with Crippen LogP contribution in [0.4, 0.5) is 0 Å². The first-order chi connectivity index (χ1) is 9.65. The molecule has 0 unspecified atom stereocenters. The van der Waals surface area contributed by atoms with E-state index in [2.05, 4.69) is 38.7 Å². The van der Waals surface area contributed by atoms with Gasteiger partial charge >= 0.3 is 0 Å². The van der Waals surface area contributed by atoms with Crippen molar-refractivity contribution < 1.29 is 0 Å². The van der Waals surface area contributed by atoms with Gasteiger partial charge in [-0.15, -0.1) is 0 Å². The van der Waals surface area contributed by atoms with E-state index in [0.717, 1.165) is 29.3 Å². The van der Waals surface area contributed by atoms with Gasteiger partial charge in [-0.25, -0.2) is 4.98 Å². The minimum absolute atomic E-state index is 0.0226. The van der Waals surface area contributed by atoms with Gasteiger partial charge in [0.2, 0.25) is 0 Å². The van der Waals surface area contributed by atoms with Gasteiger partial charge in [0, 0.05) is 22.5 Å². The Morgan fingerprint density at radius 1 is 1.30 bits per heavy atom. The summed E-state index contributed by atoms with van der Waals surface area (Å²) in [5, 5.41) is 0. The third kappa shape index (κ3) is 2.19. The number of aromatic nitrogens is 2. The van der Waals surface area contributed by atoms with Crippen molar-refractivity contribution in [2.24, 2.45) is 5.73 Å². The number of fused-ring (bicyclic) bond motifs is 1. The molecular formula is C16H20BrN3. The molecule has 1 heterocycles. The van der Waals surface area contributed by atoms with Gasteiger partial charge in [-0.1, -0.05) is 28.8 Å². The Labute approximate surface area is 127 Å². The fourth-order valence-electron chi connectivity index (χ4n) is 3.56. The fourth-order valence-corrected chi connectivity index (χ4v) is 3.91. The summed E-state index contributed by atoms with van der Waals surface area (Å²) in [5.41, 5.74) is 8.92. The molecule has 106 valence electrons. The molecule has 0 bridgehead atoms. The van der Waals surface area contributed by atoms with E-state index in [1.54, 1.807) is 0 Å². The normalized spacial score (nSPS) is 21.7. The van der Waals surface area contributed by atoms with E-state index < -0.39 is 0 Å². The van der Waals surface area contributed by atoms with Crippen molar-refractivity contribution in [1.82, 2.24) is 9.55 Å². The molecule has 1 aromatic heterocycles. The average molecular weight is 334 g/mol. The van der Waals surface area contributed by atoms with Crippen LogP contribution >= 0.6 is 15.9 Å². The first-order valence-electron chi connectivity index (χ1n) is 7.60. The zero-order valence-electron chi connectivity index (χ0n) is 11.6. The van der Waals surface area contributed by atoms with Crippen LogP contribution in [0.3, 0.4) is 0 Å². The highest BCUT2D eigenvalue weighted by Crippen LogP contribution is 2.40. The molecule has 2 aliphatic carbocycles. The van der Waals surface area contributed by atoms with Crippen LogP contribution in [0.15, 0.2) is 22.7 Å². The highest BCUT2D eigenvalue weighted by molar-refractivity contribution is 9.10. The van der Waals surface area contributed by atoms with Crippen molar-refractivity contribution in [3.63, 3.8) is 0 Å². The molecule has 0 spiro atoms. The van der Waals surface area contributed by atoms with E-state index >= 15 is 0 Å². The summed E-state index contributed by atoms with van der Waals surface area (Å²) in [6, 6.07) is 7.07. The summed E-state index contributed by atoms with van der Waals surface area (Å²) in [4.78, 5) is 4.90. The van der Waals surface area contributed by atoms with Crippen LogP contribution in [-0.2, 0) is 6.42 Å². The minimum Gasteiger partial charge on any atom is -0.325 e. The lowest BCUT2D eigenvalue weighted by atomic mass is 9.94. The Morgan fingerprint density at radius 3 is 2.75 bits per heavy atom. The SMILES string of the molecule is NC1(Cc2nc3cc(Br)ccc3n2C2CC2)CCCC1. The second-order valence-electron chi connectivity index (χ2n) is 6.51. The predicted octanol–water partition coefficient (Wildman–Crippen LogP) is 3.95. The molecule has 3 nitrogen and oxygen atoms in total. The number of nitrogens with two attached hydrogens (primary N) is 1. The molecule has 0 aliphatic heterocycles. The smallest absolute Gasteiger partial charge is 0.111 e. The first-order valence-corrected chi connectivity index (χ1v) is 8.39. The Kier molecular flexibility index (Phi) is 2.93. The van der Waals surface area contributed by atoms with E-state index in [1.165, 1.54) is 37.0 Å². The van der Waals surface area contributed by atoms with Crippen molar-refractivity contribution in [3.05, 3.63) is 28.5 Å². The van der Waals surface area contributed by atoms with E-state index in [-0.39, 0.29) is 5.54 Å². The van der Waals surface area contributed by atoms with Crippen LogP contribution in [0.2, 0.25) is 0 Å². The van der Waals surface area contributed by atoms with Gasteiger partial charge in [-0.3, -0.25) is 0 Å². The summed E-state index contributed by atoms with van der Waals surface area (Å²) >= 11 is 3.54. The quantitative estimate of drug-likeness (QED) is 0.924. The fraction of sp³-hybridized carbons (Fsp3) is 0.562. The molecule has 0 atom stereocenters. The minimum atomic E-state index is -0.0226. The van der Waals surface area contributed by atoms with Crippen LogP contribution in [0.25, 0.3) is 11.0 Å². The molecule has 0 radical (unpaired) electrons. The van der Waals surface area contributed by atoms with Crippen LogP contribution in [0.1, 0.15) is 50.4 Å². The summed E-state index contributed by atoms with van der Waals surface area (Å²) in [7, 11) is 0. The topological polar surface area (TPSA) is 43.8 Å². The number of benzene rings is 1.